The maximum absolute atomic E-state index is 12.5. The van der Waals surface area contributed by atoms with Gasteiger partial charge in [0, 0.05) is 27.6 Å². The van der Waals surface area contributed by atoms with Gasteiger partial charge < -0.3 is 10.6 Å². The Kier molecular flexibility index (Phi) is 4.45. The minimum atomic E-state index is -0.0386. The number of carbonyl (C=O) groups is 1. The molecule has 1 aromatic carbocycles. The van der Waals surface area contributed by atoms with Crippen molar-refractivity contribution >= 4 is 38.9 Å². The van der Waals surface area contributed by atoms with Crippen molar-refractivity contribution in [2.45, 2.75) is 20.4 Å². The largest absolute Gasteiger partial charge is 0.398 e. The fraction of sp³-hybridized carbons (Fsp3) is 0.286. The number of aryl methyl sites for hydroxylation is 1. The summed E-state index contributed by atoms with van der Waals surface area (Å²) in [6, 6.07) is 3.61. The van der Waals surface area contributed by atoms with E-state index in [1.165, 1.54) is 0 Å². The first-order valence-electron chi connectivity index (χ1n) is 6.10. The van der Waals surface area contributed by atoms with E-state index in [0.29, 0.717) is 17.8 Å². The number of thiazole rings is 1. The van der Waals surface area contributed by atoms with E-state index >= 15 is 0 Å². The molecule has 2 aromatic rings. The number of rotatable bonds is 3. The second-order valence-corrected chi connectivity index (χ2v) is 6.54. The molecule has 0 saturated heterocycles. The standard InChI is InChI=1S/C14H16BrN3OS/c1-8-11(4-10(15)5-12(8)16)14(19)18(3)6-13-9(2)17-7-20-13/h4-5,7H,6,16H2,1-3H3. The number of anilines is 1. The SMILES string of the molecule is Cc1ncsc1CN(C)C(=O)c1cc(Br)cc(N)c1C. The Morgan fingerprint density at radius 3 is 2.75 bits per heavy atom. The van der Waals surface area contributed by atoms with Gasteiger partial charge in [0.15, 0.2) is 0 Å². The molecule has 20 heavy (non-hydrogen) atoms. The van der Waals surface area contributed by atoms with E-state index in [0.717, 1.165) is 20.6 Å². The smallest absolute Gasteiger partial charge is 0.254 e. The summed E-state index contributed by atoms with van der Waals surface area (Å²) in [6.45, 7) is 4.37. The minimum Gasteiger partial charge on any atom is -0.398 e. The van der Waals surface area contributed by atoms with E-state index in [1.54, 1.807) is 34.9 Å². The Bertz CT molecular complexity index is 654. The topological polar surface area (TPSA) is 59.2 Å². The summed E-state index contributed by atoms with van der Waals surface area (Å²) < 4.78 is 0.811. The van der Waals surface area contributed by atoms with Gasteiger partial charge in [0.2, 0.25) is 0 Å². The molecule has 1 heterocycles. The Hall–Kier alpha value is -1.40. The highest BCUT2D eigenvalue weighted by Gasteiger charge is 2.17. The lowest BCUT2D eigenvalue weighted by atomic mass is 10.1. The molecule has 106 valence electrons. The number of halogens is 1. The van der Waals surface area contributed by atoms with Crippen LogP contribution in [-0.2, 0) is 6.54 Å². The lowest BCUT2D eigenvalue weighted by molar-refractivity contribution is 0.0785. The number of carbonyl (C=O) groups excluding carboxylic acids is 1. The zero-order chi connectivity index (χ0) is 14.9. The van der Waals surface area contributed by atoms with Crippen LogP contribution in [0.15, 0.2) is 22.1 Å². The summed E-state index contributed by atoms with van der Waals surface area (Å²) in [6.07, 6.45) is 0. The van der Waals surface area contributed by atoms with Gasteiger partial charge in [-0.05, 0) is 31.5 Å². The number of nitrogens with two attached hydrogens (primary N) is 1. The summed E-state index contributed by atoms with van der Waals surface area (Å²) in [7, 11) is 1.79. The van der Waals surface area contributed by atoms with Gasteiger partial charge in [0.25, 0.3) is 5.91 Å². The fourth-order valence-corrected chi connectivity index (χ4v) is 3.20. The molecular formula is C14H16BrN3OS. The van der Waals surface area contributed by atoms with Gasteiger partial charge in [-0.25, -0.2) is 4.98 Å². The highest BCUT2D eigenvalue weighted by atomic mass is 79.9. The zero-order valence-corrected chi connectivity index (χ0v) is 14.0. The van der Waals surface area contributed by atoms with Crippen molar-refractivity contribution < 1.29 is 4.79 Å². The summed E-state index contributed by atoms with van der Waals surface area (Å²) in [4.78, 5) is 19.5. The van der Waals surface area contributed by atoms with E-state index in [1.807, 2.05) is 19.9 Å². The van der Waals surface area contributed by atoms with Gasteiger partial charge in [-0.3, -0.25) is 4.79 Å². The normalized spacial score (nSPS) is 10.6. The molecule has 0 fully saturated rings. The molecule has 0 aliphatic heterocycles. The molecule has 6 heteroatoms. The number of nitrogens with zero attached hydrogens (tertiary/aromatic N) is 2. The van der Waals surface area contributed by atoms with Crippen LogP contribution in [0.5, 0.6) is 0 Å². The Morgan fingerprint density at radius 2 is 2.15 bits per heavy atom. The number of hydrogen-bond donors (Lipinski definition) is 1. The predicted molar refractivity (Wildman–Crippen MR) is 85.9 cm³/mol. The molecule has 0 unspecified atom stereocenters. The third kappa shape index (κ3) is 3.02. The number of nitrogen functional groups attached to an aromatic ring is 1. The average Bonchev–Trinajstić information content (AvgIpc) is 2.78. The average molecular weight is 354 g/mol. The van der Waals surface area contributed by atoms with Crippen LogP contribution in [0.1, 0.15) is 26.5 Å². The van der Waals surface area contributed by atoms with Crippen molar-refractivity contribution in [2.75, 3.05) is 12.8 Å². The van der Waals surface area contributed by atoms with Crippen LogP contribution in [-0.4, -0.2) is 22.8 Å². The third-order valence-corrected chi connectivity index (χ3v) is 4.59. The van der Waals surface area contributed by atoms with E-state index in [4.69, 9.17) is 5.73 Å². The minimum absolute atomic E-state index is 0.0386. The first-order chi connectivity index (χ1) is 9.40. The molecule has 1 amide bonds. The number of aromatic nitrogens is 1. The zero-order valence-electron chi connectivity index (χ0n) is 11.6. The maximum atomic E-state index is 12.5. The molecular weight excluding hydrogens is 338 g/mol. The van der Waals surface area contributed by atoms with Gasteiger partial charge in [0.05, 0.1) is 17.7 Å². The summed E-state index contributed by atoms with van der Waals surface area (Å²) in [5, 5.41) is 0. The van der Waals surface area contributed by atoms with Crippen molar-refractivity contribution in [3.05, 3.63) is 43.8 Å². The molecule has 2 rings (SSSR count). The van der Waals surface area contributed by atoms with Crippen molar-refractivity contribution in [1.29, 1.82) is 0 Å². The van der Waals surface area contributed by atoms with Crippen LogP contribution in [0.25, 0.3) is 0 Å². The van der Waals surface area contributed by atoms with E-state index in [-0.39, 0.29) is 5.91 Å². The Morgan fingerprint density at radius 1 is 1.45 bits per heavy atom. The second-order valence-electron chi connectivity index (χ2n) is 4.69. The van der Waals surface area contributed by atoms with E-state index < -0.39 is 0 Å². The molecule has 0 saturated carbocycles. The highest BCUT2D eigenvalue weighted by Crippen LogP contribution is 2.24. The number of benzene rings is 1. The molecule has 0 radical (unpaired) electrons. The first kappa shape index (κ1) is 15.0. The van der Waals surface area contributed by atoms with Gasteiger partial charge in [0.1, 0.15) is 0 Å². The first-order valence-corrected chi connectivity index (χ1v) is 7.77. The highest BCUT2D eigenvalue weighted by molar-refractivity contribution is 9.10. The summed E-state index contributed by atoms with van der Waals surface area (Å²) in [5.74, 6) is -0.0386. The molecule has 0 aliphatic rings. The predicted octanol–water partition coefficient (Wildman–Crippen LogP) is 3.38. The summed E-state index contributed by atoms with van der Waals surface area (Å²) in [5.41, 5.74) is 10.7. The van der Waals surface area contributed by atoms with Crippen LogP contribution < -0.4 is 5.73 Å². The van der Waals surface area contributed by atoms with Gasteiger partial charge in [-0.15, -0.1) is 11.3 Å². The maximum Gasteiger partial charge on any atom is 0.254 e. The number of amides is 1. The lowest BCUT2D eigenvalue weighted by Gasteiger charge is -2.19. The number of hydrogen-bond acceptors (Lipinski definition) is 4. The molecule has 0 spiro atoms. The van der Waals surface area contributed by atoms with Crippen molar-refractivity contribution in [3.8, 4) is 0 Å². The summed E-state index contributed by atoms with van der Waals surface area (Å²) >= 11 is 4.94. The quantitative estimate of drug-likeness (QED) is 0.860. The molecule has 1 aromatic heterocycles. The van der Waals surface area contributed by atoms with Crippen molar-refractivity contribution in [1.82, 2.24) is 9.88 Å². The van der Waals surface area contributed by atoms with Crippen LogP contribution in [0.2, 0.25) is 0 Å². The van der Waals surface area contributed by atoms with Gasteiger partial charge in [-0.1, -0.05) is 15.9 Å². The lowest BCUT2D eigenvalue weighted by Crippen LogP contribution is -2.27. The van der Waals surface area contributed by atoms with Crippen LogP contribution in [0, 0.1) is 13.8 Å². The van der Waals surface area contributed by atoms with E-state index in [9.17, 15) is 4.79 Å². The van der Waals surface area contributed by atoms with Gasteiger partial charge >= 0.3 is 0 Å². The van der Waals surface area contributed by atoms with Crippen molar-refractivity contribution in [3.63, 3.8) is 0 Å². The van der Waals surface area contributed by atoms with Crippen LogP contribution in [0.4, 0.5) is 5.69 Å². The molecule has 2 N–H and O–H groups in total. The van der Waals surface area contributed by atoms with Gasteiger partial charge in [-0.2, -0.15) is 0 Å². The molecule has 0 bridgehead atoms. The van der Waals surface area contributed by atoms with Crippen LogP contribution >= 0.6 is 27.3 Å². The Balaban J connectivity index is 2.25. The second kappa shape index (κ2) is 5.93. The molecule has 4 nitrogen and oxygen atoms in total. The third-order valence-electron chi connectivity index (χ3n) is 3.22. The Labute approximate surface area is 130 Å². The molecule has 0 aliphatic carbocycles. The fourth-order valence-electron chi connectivity index (χ4n) is 1.89. The van der Waals surface area contributed by atoms with Crippen molar-refractivity contribution in [2.24, 2.45) is 0 Å². The van der Waals surface area contributed by atoms with E-state index in [2.05, 4.69) is 20.9 Å². The molecule has 0 atom stereocenters. The van der Waals surface area contributed by atoms with Crippen LogP contribution in [0.3, 0.4) is 0 Å². The monoisotopic (exact) mass is 353 g/mol.